The van der Waals surface area contributed by atoms with Crippen molar-refractivity contribution in [2.45, 2.75) is 31.6 Å². The molecule has 166 valence electrons. The Morgan fingerprint density at radius 2 is 2.00 bits per heavy atom. The van der Waals surface area contributed by atoms with Gasteiger partial charge in [-0.1, -0.05) is 36.4 Å². The summed E-state index contributed by atoms with van der Waals surface area (Å²) >= 11 is 4.10. The van der Waals surface area contributed by atoms with E-state index in [0.717, 1.165) is 47.2 Å². The number of aromatic nitrogens is 2. The van der Waals surface area contributed by atoms with E-state index in [1.165, 1.54) is 0 Å². The largest absolute Gasteiger partial charge is 0.480 e. The van der Waals surface area contributed by atoms with Crippen molar-refractivity contribution in [1.29, 1.82) is 0 Å². The van der Waals surface area contributed by atoms with Gasteiger partial charge < -0.3 is 15.5 Å². The van der Waals surface area contributed by atoms with Gasteiger partial charge in [0.15, 0.2) is 11.6 Å². The number of hydrogen-bond acceptors (Lipinski definition) is 4. The first-order chi connectivity index (χ1) is 15.5. The Kier molecular flexibility index (Phi) is 7.49. The van der Waals surface area contributed by atoms with Gasteiger partial charge in [0.1, 0.15) is 10.4 Å². The normalized spacial score (nSPS) is 16.0. The van der Waals surface area contributed by atoms with Crippen LogP contribution in [0.5, 0.6) is 5.75 Å². The average molecular weight is 657 g/mol. The van der Waals surface area contributed by atoms with Crippen molar-refractivity contribution >= 4 is 56.6 Å². The summed E-state index contributed by atoms with van der Waals surface area (Å²) in [5.41, 5.74) is 10.6. The van der Waals surface area contributed by atoms with Gasteiger partial charge in [-0.25, -0.2) is 9.18 Å². The highest BCUT2D eigenvalue weighted by molar-refractivity contribution is 14.1. The number of nitrogen functional groups attached to an aromatic ring is 1. The fourth-order valence-corrected chi connectivity index (χ4v) is 5.29. The number of H-pyrrole nitrogens is 1. The Labute approximate surface area is 213 Å². The number of nitrogens with one attached hydrogen (secondary N) is 1. The van der Waals surface area contributed by atoms with Gasteiger partial charge >= 0.3 is 5.69 Å². The molecule has 0 saturated carbocycles. The van der Waals surface area contributed by atoms with Gasteiger partial charge in [0, 0.05) is 23.6 Å². The van der Waals surface area contributed by atoms with Gasteiger partial charge in [0.2, 0.25) is 0 Å². The fourth-order valence-electron chi connectivity index (χ4n) is 4.16. The number of halogens is 3. The van der Waals surface area contributed by atoms with E-state index in [-0.39, 0.29) is 23.3 Å². The maximum absolute atomic E-state index is 14.7. The monoisotopic (exact) mass is 657 g/mol. The molecule has 4 rings (SSSR count). The molecule has 0 bridgehead atoms. The summed E-state index contributed by atoms with van der Waals surface area (Å²) < 4.78 is 21.0. The topological polar surface area (TPSA) is 81.0 Å². The highest BCUT2D eigenvalue weighted by atomic mass is 127. The number of benzene rings is 2. The molecular formula is C24H22FI2N3O2. The SMILES string of the molecule is Nc1nc(=O)[nH]c(C2CC=C(c3ccc(OCI)c(F)c3I)CC2)c1Cc1ccccc1. The number of anilines is 1. The molecule has 0 spiro atoms. The Bertz CT molecular complexity index is 1210. The maximum atomic E-state index is 14.7. The zero-order valence-electron chi connectivity index (χ0n) is 17.2. The molecule has 1 aliphatic rings. The van der Waals surface area contributed by atoms with Crippen LogP contribution in [0.25, 0.3) is 5.57 Å². The molecule has 1 atom stereocenters. The zero-order valence-corrected chi connectivity index (χ0v) is 21.5. The summed E-state index contributed by atoms with van der Waals surface area (Å²) in [5.74, 6) is 0.362. The van der Waals surface area contributed by atoms with Crippen molar-refractivity contribution in [1.82, 2.24) is 9.97 Å². The molecular weight excluding hydrogens is 635 g/mol. The smallest absolute Gasteiger partial charge is 0.347 e. The molecule has 2 aromatic carbocycles. The molecule has 0 aliphatic heterocycles. The molecule has 1 heterocycles. The predicted molar refractivity (Wildman–Crippen MR) is 142 cm³/mol. The van der Waals surface area contributed by atoms with E-state index in [0.29, 0.717) is 14.6 Å². The van der Waals surface area contributed by atoms with E-state index < -0.39 is 5.69 Å². The molecule has 0 fully saturated rings. The quantitative estimate of drug-likeness (QED) is 0.259. The second-order valence-electron chi connectivity index (χ2n) is 7.68. The molecule has 1 unspecified atom stereocenters. The molecule has 5 nitrogen and oxygen atoms in total. The number of alkyl halides is 1. The first-order valence-electron chi connectivity index (χ1n) is 10.3. The van der Waals surface area contributed by atoms with Crippen molar-refractivity contribution in [3.05, 3.63) is 90.8 Å². The minimum Gasteiger partial charge on any atom is -0.480 e. The fraction of sp³-hybridized carbons (Fsp3) is 0.250. The van der Waals surface area contributed by atoms with Gasteiger partial charge in [0.05, 0.1) is 3.57 Å². The van der Waals surface area contributed by atoms with Crippen molar-refractivity contribution < 1.29 is 9.13 Å². The van der Waals surface area contributed by atoms with Crippen LogP contribution in [0.4, 0.5) is 10.2 Å². The Hall–Kier alpha value is -1.95. The number of nitrogens with zero attached hydrogens (tertiary/aromatic N) is 1. The van der Waals surface area contributed by atoms with Gasteiger partial charge in [0.25, 0.3) is 0 Å². The summed E-state index contributed by atoms with van der Waals surface area (Å²) in [7, 11) is 0. The number of ether oxygens (including phenoxy) is 1. The van der Waals surface area contributed by atoms with Crippen LogP contribution in [0.2, 0.25) is 0 Å². The number of rotatable bonds is 6. The minimum atomic E-state index is -0.424. The van der Waals surface area contributed by atoms with Crippen LogP contribution in [0.15, 0.2) is 53.3 Å². The van der Waals surface area contributed by atoms with Crippen LogP contribution in [0.3, 0.4) is 0 Å². The second kappa shape index (κ2) is 10.3. The Morgan fingerprint density at radius 1 is 1.22 bits per heavy atom. The lowest BCUT2D eigenvalue weighted by atomic mass is 9.82. The Morgan fingerprint density at radius 3 is 2.69 bits per heavy atom. The van der Waals surface area contributed by atoms with Gasteiger partial charge in [-0.2, -0.15) is 4.98 Å². The van der Waals surface area contributed by atoms with Crippen LogP contribution in [0.1, 0.15) is 47.6 Å². The third-order valence-electron chi connectivity index (χ3n) is 5.74. The Balaban J connectivity index is 1.62. The third-order valence-corrected chi connectivity index (χ3v) is 7.11. The van der Waals surface area contributed by atoms with Crippen molar-refractivity contribution in [2.24, 2.45) is 0 Å². The molecule has 8 heteroatoms. The standard InChI is InChI=1S/C24H22FI2N3O2/c25-20-19(32-13-26)11-10-17(21(20)27)15-6-8-16(9-7-15)22-18(23(28)30-24(31)29-22)12-14-4-2-1-3-5-14/h1-6,10-11,16H,7-9,12-13H2,(H3,28,29,30,31). The van der Waals surface area contributed by atoms with Crippen LogP contribution in [-0.2, 0) is 6.42 Å². The lowest BCUT2D eigenvalue weighted by Crippen LogP contribution is -2.21. The van der Waals surface area contributed by atoms with Crippen LogP contribution >= 0.6 is 45.2 Å². The zero-order chi connectivity index (χ0) is 22.7. The number of nitrogens with two attached hydrogens (primary N) is 1. The molecule has 1 aliphatic carbocycles. The average Bonchev–Trinajstić information content (AvgIpc) is 2.80. The molecule has 0 radical (unpaired) electrons. The lowest BCUT2D eigenvalue weighted by Gasteiger charge is -2.25. The van der Waals surface area contributed by atoms with E-state index in [4.69, 9.17) is 10.5 Å². The van der Waals surface area contributed by atoms with Gasteiger partial charge in [-0.15, -0.1) is 0 Å². The van der Waals surface area contributed by atoms with Crippen LogP contribution < -0.4 is 16.2 Å². The van der Waals surface area contributed by atoms with E-state index in [1.807, 2.05) is 59.0 Å². The van der Waals surface area contributed by atoms with Crippen molar-refractivity contribution in [3.63, 3.8) is 0 Å². The second-order valence-corrected chi connectivity index (χ2v) is 9.38. The molecule has 32 heavy (non-hydrogen) atoms. The summed E-state index contributed by atoms with van der Waals surface area (Å²) in [4.78, 5) is 19.0. The summed E-state index contributed by atoms with van der Waals surface area (Å²) in [6, 6.07) is 13.6. The van der Waals surface area contributed by atoms with E-state index in [2.05, 4.69) is 38.6 Å². The van der Waals surface area contributed by atoms with Crippen LogP contribution in [0, 0.1) is 9.39 Å². The summed E-state index contributed by atoms with van der Waals surface area (Å²) in [5, 5.41) is 0. The summed E-state index contributed by atoms with van der Waals surface area (Å²) in [6.07, 6.45) is 5.10. The van der Waals surface area contributed by atoms with Gasteiger partial charge in [-0.05, 0) is 93.3 Å². The minimum absolute atomic E-state index is 0.125. The number of allylic oxidation sites excluding steroid dienone is 2. The van der Waals surface area contributed by atoms with E-state index in [9.17, 15) is 9.18 Å². The number of hydrogen-bond donors (Lipinski definition) is 2. The molecule has 0 amide bonds. The number of aromatic amines is 1. The van der Waals surface area contributed by atoms with Crippen molar-refractivity contribution in [3.8, 4) is 5.75 Å². The predicted octanol–water partition coefficient (Wildman–Crippen LogP) is 5.81. The van der Waals surface area contributed by atoms with E-state index >= 15 is 0 Å². The van der Waals surface area contributed by atoms with Crippen LogP contribution in [-0.4, -0.2) is 14.6 Å². The van der Waals surface area contributed by atoms with E-state index in [1.54, 1.807) is 6.07 Å². The highest BCUT2D eigenvalue weighted by Crippen LogP contribution is 2.39. The third kappa shape index (κ3) is 5.00. The first-order valence-corrected chi connectivity index (χ1v) is 12.9. The molecule has 1 aromatic heterocycles. The maximum Gasteiger partial charge on any atom is 0.347 e. The molecule has 3 aromatic rings. The summed E-state index contributed by atoms with van der Waals surface area (Å²) in [6.45, 7) is 0. The van der Waals surface area contributed by atoms with Gasteiger partial charge in [-0.3, -0.25) is 0 Å². The molecule has 0 saturated heterocycles. The first kappa shape index (κ1) is 23.2. The lowest BCUT2D eigenvalue weighted by molar-refractivity contribution is 0.376. The molecule has 3 N–H and O–H groups in total. The highest BCUT2D eigenvalue weighted by Gasteiger charge is 2.24. The van der Waals surface area contributed by atoms with Crippen molar-refractivity contribution in [2.75, 3.05) is 10.3 Å².